The summed E-state index contributed by atoms with van der Waals surface area (Å²) in [6, 6.07) is 27.0. The van der Waals surface area contributed by atoms with Gasteiger partial charge in [-0.1, -0.05) is 30.3 Å². The van der Waals surface area contributed by atoms with Crippen molar-refractivity contribution in [3.63, 3.8) is 0 Å². The highest BCUT2D eigenvalue weighted by atomic mass is 16.2. The molecule has 8 nitrogen and oxygen atoms in total. The predicted molar refractivity (Wildman–Crippen MR) is 153 cm³/mol. The third-order valence-corrected chi connectivity index (χ3v) is 7.83. The van der Waals surface area contributed by atoms with Crippen LogP contribution in [0.15, 0.2) is 95.8 Å². The van der Waals surface area contributed by atoms with Crippen LogP contribution in [0.2, 0.25) is 0 Å². The van der Waals surface area contributed by atoms with Crippen LogP contribution in [-0.2, 0) is 0 Å². The minimum atomic E-state index is -0.422. The number of pyridine rings is 1. The summed E-state index contributed by atoms with van der Waals surface area (Å²) in [7, 11) is 0. The van der Waals surface area contributed by atoms with Crippen molar-refractivity contribution in [1.82, 2.24) is 19.4 Å². The Morgan fingerprint density at radius 3 is 1.85 bits per heavy atom. The number of hydrogen-bond acceptors (Lipinski definition) is 6. The van der Waals surface area contributed by atoms with E-state index in [2.05, 4.69) is 0 Å². The van der Waals surface area contributed by atoms with Crippen LogP contribution in [0.4, 0.5) is 5.69 Å². The van der Waals surface area contributed by atoms with E-state index in [9.17, 15) is 14.4 Å². The van der Waals surface area contributed by atoms with Crippen molar-refractivity contribution in [2.75, 3.05) is 4.90 Å². The zero-order valence-corrected chi connectivity index (χ0v) is 20.6. The molecule has 0 spiro atoms. The number of anilines is 1. The standard InChI is InChI=1S/C32H15N5O3/c38-30-19-11-10-17-27-18(12-13-20(28(19)27)31(39)36(30)16-6-2-1-3-7-16)32(40)37-26-15-24-23(14-25(26)35-29(17)37)33-21-8-4-5-9-22(21)34-24/h1-15H. The van der Waals surface area contributed by atoms with Crippen LogP contribution in [0.3, 0.4) is 0 Å². The van der Waals surface area contributed by atoms with Crippen LogP contribution in [0.5, 0.6) is 0 Å². The molecule has 4 heterocycles. The fourth-order valence-electron chi connectivity index (χ4n) is 6.06. The summed E-state index contributed by atoms with van der Waals surface area (Å²) in [6.07, 6.45) is 0. The van der Waals surface area contributed by atoms with Gasteiger partial charge in [-0.25, -0.2) is 19.9 Å². The molecule has 3 aromatic heterocycles. The molecule has 1 aliphatic heterocycles. The summed E-state index contributed by atoms with van der Waals surface area (Å²) in [5, 5.41) is 2.17. The molecule has 8 heteroatoms. The Morgan fingerprint density at radius 1 is 0.525 bits per heavy atom. The van der Waals surface area contributed by atoms with E-state index in [1.807, 2.05) is 48.5 Å². The SMILES string of the molecule is O=C1c2ccc3c(=O)n4c5cc6nc7ccccc7nc6cc5nc4c4ccc(c2c34)C(=O)N1c1ccccc1. The van der Waals surface area contributed by atoms with Crippen molar-refractivity contribution >= 4 is 77.8 Å². The van der Waals surface area contributed by atoms with Gasteiger partial charge < -0.3 is 0 Å². The number of amides is 2. The number of rotatable bonds is 1. The minimum absolute atomic E-state index is 0.271. The molecular weight excluding hydrogens is 502 g/mol. The third-order valence-electron chi connectivity index (χ3n) is 7.83. The average molecular weight is 518 g/mol. The molecule has 9 rings (SSSR count). The molecule has 186 valence electrons. The van der Waals surface area contributed by atoms with E-state index in [1.54, 1.807) is 46.9 Å². The quantitative estimate of drug-likeness (QED) is 0.211. The largest absolute Gasteiger partial charge is 0.268 e. The smallest absolute Gasteiger partial charge is 0.265 e. The second-order valence-electron chi connectivity index (χ2n) is 9.97. The number of carbonyl (C=O) groups excluding carboxylic acids is 2. The molecule has 0 bridgehead atoms. The average Bonchev–Trinajstić information content (AvgIpc) is 3.35. The Hall–Kier alpha value is -5.76. The number of carbonyl (C=O) groups is 2. The molecule has 1 aliphatic rings. The van der Waals surface area contributed by atoms with Gasteiger partial charge in [0.25, 0.3) is 17.4 Å². The van der Waals surface area contributed by atoms with E-state index in [-0.39, 0.29) is 5.56 Å². The van der Waals surface area contributed by atoms with Crippen LogP contribution >= 0.6 is 0 Å². The van der Waals surface area contributed by atoms with Crippen molar-refractivity contribution in [2.24, 2.45) is 0 Å². The van der Waals surface area contributed by atoms with Crippen LogP contribution in [0.25, 0.3) is 60.3 Å². The first kappa shape index (κ1) is 21.2. The molecule has 0 radical (unpaired) electrons. The number of imide groups is 1. The zero-order valence-electron chi connectivity index (χ0n) is 20.6. The van der Waals surface area contributed by atoms with Gasteiger partial charge in [-0.15, -0.1) is 0 Å². The molecule has 40 heavy (non-hydrogen) atoms. The summed E-state index contributed by atoms with van der Waals surface area (Å²) >= 11 is 0. The molecule has 0 saturated heterocycles. The van der Waals surface area contributed by atoms with Gasteiger partial charge in [0.15, 0.2) is 0 Å². The summed E-state index contributed by atoms with van der Waals surface area (Å²) in [5.41, 5.74) is 5.56. The van der Waals surface area contributed by atoms with Gasteiger partial charge in [-0.05, 0) is 60.7 Å². The highest BCUT2D eigenvalue weighted by molar-refractivity contribution is 6.38. The van der Waals surface area contributed by atoms with Crippen LogP contribution in [0, 0.1) is 0 Å². The normalized spacial score (nSPS) is 13.7. The number of aromatic nitrogens is 4. The van der Waals surface area contributed by atoms with Crippen molar-refractivity contribution < 1.29 is 9.59 Å². The number of fused-ring (bicyclic) bond motifs is 6. The number of para-hydroxylation sites is 3. The maximum Gasteiger partial charge on any atom is 0.265 e. The van der Waals surface area contributed by atoms with Gasteiger partial charge in [-0.2, -0.15) is 0 Å². The first-order valence-corrected chi connectivity index (χ1v) is 12.8. The Labute approximate surface area is 224 Å². The van der Waals surface area contributed by atoms with Gasteiger partial charge in [0, 0.05) is 32.7 Å². The summed E-state index contributed by atoms with van der Waals surface area (Å²) in [4.78, 5) is 56.8. The maximum absolute atomic E-state index is 14.0. The van der Waals surface area contributed by atoms with Gasteiger partial charge in [0.1, 0.15) is 5.65 Å². The Balaban J connectivity index is 1.38. The highest BCUT2D eigenvalue weighted by Crippen LogP contribution is 2.38. The molecule has 5 aromatic carbocycles. The van der Waals surface area contributed by atoms with Gasteiger partial charge in [0.2, 0.25) is 0 Å². The third kappa shape index (κ3) is 2.54. The minimum Gasteiger partial charge on any atom is -0.268 e. The lowest BCUT2D eigenvalue weighted by Crippen LogP contribution is -2.40. The number of imidazole rings is 1. The fourth-order valence-corrected chi connectivity index (χ4v) is 6.06. The van der Waals surface area contributed by atoms with E-state index in [0.29, 0.717) is 66.1 Å². The number of hydrogen-bond donors (Lipinski definition) is 0. The summed E-state index contributed by atoms with van der Waals surface area (Å²) in [6.45, 7) is 0. The lowest BCUT2D eigenvalue weighted by molar-refractivity contribution is 0.0893. The van der Waals surface area contributed by atoms with E-state index in [1.165, 1.54) is 4.90 Å². The van der Waals surface area contributed by atoms with Crippen molar-refractivity contribution in [2.45, 2.75) is 0 Å². The van der Waals surface area contributed by atoms with E-state index >= 15 is 0 Å². The highest BCUT2D eigenvalue weighted by Gasteiger charge is 2.35. The molecule has 0 fully saturated rings. The lowest BCUT2D eigenvalue weighted by atomic mass is 9.90. The van der Waals surface area contributed by atoms with Crippen LogP contribution in [0.1, 0.15) is 20.7 Å². The predicted octanol–water partition coefficient (Wildman–Crippen LogP) is 5.49. The van der Waals surface area contributed by atoms with Gasteiger partial charge in [0.05, 0.1) is 38.8 Å². The molecule has 0 saturated carbocycles. The summed E-state index contributed by atoms with van der Waals surface area (Å²) < 4.78 is 1.59. The molecule has 0 unspecified atom stereocenters. The molecule has 0 N–H and O–H groups in total. The molecular formula is C32H15N5O3. The van der Waals surface area contributed by atoms with Gasteiger partial charge in [-0.3, -0.25) is 18.8 Å². The van der Waals surface area contributed by atoms with E-state index in [0.717, 1.165) is 11.0 Å². The second-order valence-corrected chi connectivity index (χ2v) is 9.97. The topological polar surface area (TPSA) is 97.5 Å². The van der Waals surface area contributed by atoms with Gasteiger partial charge >= 0.3 is 0 Å². The number of benzene rings is 5. The lowest BCUT2D eigenvalue weighted by Gasteiger charge is -2.27. The monoisotopic (exact) mass is 517 g/mol. The molecule has 2 amide bonds. The van der Waals surface area contributed by atoms with Crippen molar-refractivity contribution in [3.05, 3.63) is 112 Å². The Morgan fingerprint density at radius 2 is 1.15 bits per heavy atom. The molecule has 8 aromatic rings. The number of nitrogens with zero attached hydrogens (tertiary/aromatic N) is 5. The summed E-state index contributed by atoms with van der Waals surface area (Å²) in [5.74, 6) is -0.844. The van der Waals surface area contributed by atoms with Crippen LogP contribution < -0.4 is 10.5 Å². The molecule has 0 atom stereocenters. The fraction of sp³-hybridized carbons (Fsp3) is 0. The Bertz CT molecular complexity index is 2480. The second kappa shape index (κ2) is 7.21. The maximum atomic E-state index is 14.0. The van der Waals surface area contributed by atoms with E-state index in [4.69, 9.17) is 15.0 Å². The first-order chi connectivity index (χ1) is 19.6. The van der Waals surface area contributed by atoms with Crippen LogP contribution in [-0.4, -0.2) is 31.2 Å². The molecule has 0 aliphatic carbocycles. The Kier molecular flexibility index (Phi) is 3.82. The van der Waals surface area contributed by atoms with E-state index < -0.39 is 11.8 Å². The van der Waals surface area contributed by atoms with Crippen molar-refractivity contribution in [1.29, 1.82) is 0 Å². The first-order valence-electron chi connectivity index (χ1n) is 12.8. The van der Waals surface area contributed by atoms with Crippen molar-refractivity contribution in [3.8, 4) is 0 Å². The zero-order chi connectivity index (χ0) is 26.7.